The van der Waals surface area contributed by atoms with Gasteiger partial charge in [-0.25, -0.2) is 24.2 Å². The second-order valence-corrected chi connectivity index (χ2v) is 6.34. The highest BCUT2D eigenvalue weighted by atomic mass is 16.5. The molecule has 0 radical (unpaired) electrons. The van der Waals surface area contributed by atoms with Crippen LogP contribution in [0.1, 0.15) is 11.3 Å². The van der Waals surface area contributed by atoms with E-state index in [2.05, 4.69) is 25.2 Å². The van der Waals surface area contributed by atoms with Crippen molar-refractivity contribution in [3.8, 4) is 5.75 Å². The van der Waals surface area contributed by atoms with Crippen LogP contribution in [0.15, 0.2) is 54.4 Å². The summed E-state index contributed by atoms with van der Waals surface area (Å²) in [5, 5.41) is 9.77. The van der Waals surface area contributed by atoms with Gasteiger partial charge in [0.05, 0.1) is 29.2 Å². The van der Waals surface area contributed by atoms with E-state index in [1.807, 2.05) is 31.2 Å². The molecule has 9 heteroatoms. The minimum atomic E-state index is -0.295. The van der Waals surface area contributed by atoms with Crippen LogP contribution in [-0.4, -0.2) is 41.9 Å². The van der Waals surface area contributed by atoms with Crippen LogP contribution in [0.3, 0.4) is 0 Å². The van der Waals surface area contributed by atoms with Crippen LogP contribution in [0.2, 0.25) is 0 Å². The summed E-state index contributed by atoms with van der Waals surface area (Å²) in [7, 11) is 0. The molecule has 1 aliphatic rings. The molecular weight excluding hydrogens is 358 g/mol. The summed E-state index contributed by atoms with van der Waals surface area (Å²) < 4.78 is 9.29. The van der Waals surface area contributed by atoms with E-state index in [9.17, 15) is 4.79 Å². The van der Waals surface area contributed by atoms with Crippen molar-refractivity contribution in [3.63, 3.8) is 0 Å². The Kier molecular flexibility index (Phi) is 3.71. The third-order valence-electron chi connectivity index (χ3n) is 4.67. The number of hydrogen-bond acceptors (Lipinski definition) is 6. The molecule has 138 valence electrons. The third-order valence-corrected chi connectivity index (χ3v) is 4.67. The van der Waals surface area contributed by atoms with Crippen molar-refractivity contribution in [3.05, 3.63) is 71.3 Å². The van der Waals surface area contributed by atoms with Crippen molar-refractivity contribution < 1.29 is 9.53 Å². The van der Waals surface area contributed by atoms with Gasteiger partial charge in [-0.3, -0.25) is 4.79 Å². The zero-order valence-corrected chi connectivity index (χ0v) is 15.0. The first-order chi connectivity index (χ1) is 13.7. The molecule has 4 heterocycles. The van der Waals surface area contributed by atoms with Crippen molar-refractivity contribution in [1.82, 2.24) is 29.4 Å². The van der Waals surface area contributed by atoms with E-state index in [4.69, 9.17) is 4.74 Å². The number of aromatic nitrogens is 6. The van der Waals surface area contributed by atoms with E-state index in [1.54, 1.807) is 21.7 Å². The lowest BCUT2D eigenvalue weighted by Gasteiger charge is -2.05. The third kappa shape index (κ3) is 2.56. The molecule has 0 spiro atoms. The molecule has 5 rings (SSSR count). The van der Waals surface area contributed by atoms with Gasteiger partial charge in [0.2, 0.25) is 0 Å². The van der Waals surface area contributed by atoms with Gasteiger partial charge in [-0.05, 0) is 13.0 Å². The largest absolute Gasteiger partial charge is 0.490 e. The van der Waals surface area contributed by atoms with Crippen LogP contribution in [0.25, 0.3) is 11.1 Å². The Hall–Kier alpha value is -3.88. The minimum absolute atomic E-state index is 0.295. The smallest absolute Gasteiger partial charge is 0.280 e. The Balaban J connectivity index is 1.58. The number of benzene rings is 1. The minimum Gasteiger partial charge on any atom is -0.490 e. The van der Waals surface area contributed by atoms with Gasteiger partial charge < -0.3 is 4.74 Å². The van der Waals surface area contributed by atoms with Gasteiger partial charge in [-0.2, -0.15) is 10.2 Å². The quantitative estimate of drug-likeness (QED) is 0.491. The van der Waals surface area contributed by atoms with Gasteiger partial charge in [0, 0.05) is 10.8 Å². The average molecular weight is 373 g/mol. The van der Waals surface area contributed by atoms with Crippen molar-refractivity contribution in [2.45, 2.75) is 13.5 Å². The van der Waals surface area contributed by atoms with Crippen LogP contribution in [0, 0.1) is 6.92 Å². The maximum Gasteiger partial charge on any atom is 0.280 e. The van der Waals surface area contributed by atoms with E-state index in [0.717, 1.165) is 16.3 Å². The maximum atomic E-state index is 12.6. The molecule has 0 N–H and O–H groups in total. The Labute approximate surface area is 158 Å². The van der Waals surface area contributed by atoms with Crippen molar-refractivity contribution >= 4 is 17.0 Å². The molecular formula is C19H15N7O2. The van der Waals surface area contributed by atoms with Gasteiger partial charge in [-0.15, -0.1) is 0 Å². The molecule has 9 nitrogen and oxygen atoms in total. The van der Waals surface area contributed by atoms with Gasteiger partial charge in [-0.1, -0.05) is 18.2 Å². The lowest BCUT2D eigenvalue weighted by molar-refractivity contribution is -0.112. The standard InChI is InChI=1S/C19H15N7O2/c1-12-15(28-7-6-25-11-20-9-22-25)8-26-18(12)17(21-10-23-26)16-13-4-2-3-5-14(13)24-19(16)27/h2-5,8-11H,6-7H2,1H3. The normalized spacial score (nSPS) is 13.0. The maximum absolute atomic E-state index is 12.6. The lowest BCUT2D eigenvalue weighted by atomic mass is 10.1. The second kappa shape index (κ2) is 6.38. The van der Waals surface area contributed by atoms with E-state index in [-0.39, 0.29) is 5.91 Å². The van der Waals surface area contributed by atoms with E-state index in [0.29, 0.717) is 35.5 Å². The molecule has 0 unspecified atom stereocenters. The zero-order chi connectivity index (χ0) is 19.1. The molecule has 0 atom stereocenters. The van der Waals surface area contributed by atoms with Gasteiger partial charge >= 0.3 is 0 Å². The summed E-state index contributed by atoms with van der Waals surface area (Å²) in [6, 6.07) is 7.44. The fraction of sp³-hybridized carbons (Fsp3) is 0.158. The molecule has 1 amide bonds. The van der Waals surface area contributed by atoms with E-state index >= 15 is 0 Å². The van der Waals surface area contributed by atoms with Crippen LogP contribution in [0.4, 0.5) is 0 Å². The molecule has 3 aromatic heterocycles. The highest BCUT2D eigenvalue weighted by molar-refractivity contribution is 6.22. The summed E-state index contributed by atoms with van der Waals surface area (Å²) in [6.07, 6.45) is 6.35. The van der Waals surface area contributed by atoms with Gasteiger partial charge in [0.25, 0.3) is 5.91 Å². The summed E-state index contributed by atoms with van der Waals surface area (Å²) in [4.78, 5) is 25.0. The van der Waals surface area contributed by atoms with Gasteiger partial charge in [0.15, 0.2) is 0 Å². The number of carbonyl (C=O) groups excluding carboxylic acids is 1. The highest BCUT2D eigenvalue weighted by Gasteiger charge is 2.24. The Bertz CT molecular complexity index is 1320. The van der Waals surface area contributed by atoms with E-state index < -0.39 is 0 Å². The fourth-order valence-electron chi connectivity index (χ4n) is 3.36. The predicted octanol–water partition coefficient (Wildman–Crippen LogP) is 0.0670. The molecule has 0 aliphatic carbocycles. The number of nitrogens with zero attached hydrogens (tertiary/aromatic N) is 7. The first kappa shape index (κ1) is 16.3. The van der Waals surface area contributed by atoms with Crippen LogP contribution < -0.4 is 15.3 Å². The molecule has 0 fully saturated rings. The molecule has 0 saturated heterocycles. The first-order valence-corrected chi connectivity index (χ1v) is 8.73. The summed E-state index contributed by atoms with van der Waals surface area (Å²) in [5.41, 5.74) is 2.63. The molecule has 28 heavy (non-hydrogen) atoms. The van der Waals surface area contributed by atoms with Crippen molar-refractivity contribution in [2.24, 2.45) is 4.99 Å². The number of hydrogen-bond donors (Lipinski definition) is 0. The molecule has 0 saturated carbocycles. The lowest BCUT2D eigenvalue weighted by Crippen LogP contribution is -2.23. The fourth-order valence-corrected chi connectivity index (χ4v) is 3.36. The van der Waals surface area contributed by atoms with Crippen LogP contribution in [-0.2, 0) is 11.3 Å². The topological polar surface area (TPSA) is 99.6 Å². The SMILES string of the molecule is Cc1c(OCCn2cncn2)cn2ncnc(C3=c4ccccc4=NC3=O)c12. The molecule has 1 aliphatic heterocycles. The van der Waals surface area contributed by atoms with Crippen molar-refractivity contribution in [2.75, 3.05) is 6.61 Å². The Morgan fingerprint density at radius 2 is 2.04 bits per heavy atom. The summed E-state index contributed by atoms with van der Waals surface area (Å²) in [6.45, 7) is 2.93. The predicted molar refractivity (Wildman–Crippen MR) is 98.0 cm³/mol. The molecule has 0 bridgehead atoms. The number of para-hydroxylation sites is 1. The van der Waals surface area contributed by atoms with Gasteiger partial charge in [0.1, 0.15) is 37.0 Å². The van der Waals surface area contributed by atoms with Crippen LogP contribution in [0.5, 0.6) is 5.75 Å². The van der Waals surface area contributed by atoms with E-state index in [1.165, 1.54) is 12.7 Å². The first-order valence-electron chi connectivity index (χ1n) is 8.73. The number of fused-ring (bicyclic) bond motifs is 2. The molecule has 4 aromatic rings. The number of ether oxygens (including phenoxy) is 1. The monoisotopic (exact) mass is 373 g/mol. The Morgan fingerprint density at radius 3 is 2.89 bits per heavy atom. The number of amides is 1. The summed E-state index contributed by atoms with van der Waals surface area (Å²) in [5.74, 6) is 0.384. The summed E-state index contributed by atoms with van der Waals surface area (Å²) >= 11 is 0. The Morgan fingerprint density at radius 1 is 1.14 bits per heavy atom. The number of rotatable bonds is 5. The second-order valence-electron chi connectivity index (χ2n) is 6.34. The van der Waals surface area contributed by atoms with Crippen LogP contribution >= 0.6 is 0 Å². The zero-order valence-electron chi connectivity index (χ0n) is 15.0. The molecule has 1 aromatic carbocycles. The number of aryl methyl sites for hydroxylation is 1. The average Bonchev–Trinajstić information content (AvgIpc) is 3.40. The number of carbonyl (C=O) groups is 1. The highest BCUT2D eigenvalue weighted by Crippen LogP contribution is 2.28. The van der Waals surface area contributed by atoms with Crippen molar-refractivity contribution in [1.29, 1.82) is 0 Å².